The van der Waals surface area contributed by atoms with Crippen molar-refractivity contribution in [2.24, 2.45) is 5.92 Å². The van der Waals surface area contributed by atoms with Crippen molar-refractivity contribution >= 4 is 27.9 Å². The van der Waals surface area contributed by atoms with Crippen LogP contribution in [0.1, 0.15) is 51.5 Å². The first-order chi connectivity index (χ1) is 13.1. The number of furan rings is 1. The molecule has 1 heterocycles. The number of hydrogen-bond acceptors (Lipinski definition) is 3. The van der Waals surface area contributed by atoms with Crippen molar-refractivity contribution in [1.82, 2.24) is 10.0 Å². The molecule has 1 aliphatic carbocycles. The fourth-order valence-electron chi connectivity index (χ4n) is 3.60. The van der Waals surface area contributed by atoms with Crippen LogP contribution >= 0.6 is 0 Å². The number of carbonyl (C=O) groups is 1. The predicted octanol–water partition coefficient (Wildman–Crippen LogP) is 3.70. The third kappa shape index (κ3) is 5.20. The summed E-state index contributed by atoms with van der Waals surface area (Å²) in [5.74, 6) is 0.213. The van der Waals surface area contributed by atoms with Gasteiger partial charge in [0, 0.05) is 29.1 Å². The summed E-state index contributed by atoms with van der Waals surface area (Å²) in [6.45, 7) is 4.68. The third-order valence-electron chi connectivity index (χ3n) is 5.58. The molecule has 2 unspecified atom stereocenters. The second-order valence-corrected chi connectivity index (χ2v) is 9.12. The molecule has 2 N–H and O–H groups in total. The van der Waals surface area contributed by atoms with Crippen molar-refractivity contribution in [3.63, 3.8) is 0 Å². The lowest BCUT2D eigenvalue weighted by atomic mass is 9.86. The zero-order chi connectivity index (χ0) is 19.2. The minimum Gasteiger partial charge on any atom is -0.464 e. The van der Waals surface area contributed by atoms with Gasteiger partial charge >= 0.3 is 0 Å². The number of fused-ring (bicyclic) bond motifs is 1. The van der Waals surface area contributed by atoms with Crippen molar-refractivity contribution < 1.29 is 13.4 Å². The van der Waals surface area contributed by atoms with Crippen LogP contribution in [0.3, 0.4) is 0 Å². The molecule has 1 aromatic carbocycles. The summed E-state index contributed by atoms with van der Waals surface area (Å²) in [7, 11) is -0.978. The highest BCUT2D eigenvalue weighted by Gasteiger charge is 2.27. The summed E-state index contributed by atoms with van der Waals surface area (Å²) < 4.78 is 20.9. The first-order valence-electron chi connectivity index (χ1n) is 9.98. The molecular formula is C21H30N2O3S. The molecule has 2 atom stereocenters. The molecule has 5 nitrogen and oxygen atoms in total. The molecular weight excluding hydrogens is 360 g/mol. The maximum atomic E-state index is 12.5. The summed E-state index contributed by atoms with van der Waals surface area (Å²) >= 11 is 0. The Morgan fingerprint density at radius 3 is 2.74 bits per heavy atom. The van der Waals surface area contributed by atoms with Crippen molar-refractivity contribution in [3.05, 3.63) is 36.1 Å². The molecule has 1 amide bonds. The van der Waals surface area contributed by atoms with Crippen LogP contribution in [0.25, 0.3) is 11.0 Å². The molecule has 1 aromatic heterocycles. The van der Waals surface area contributed by atoms with Gasteiger partial charge in [0.15, 0.2) is 0 Å². The van der Waals surface area contributed by atoms with Crippen LogP contribution in [0.15, 0.2) is 34.9 Å². The van der Waals surface area contributed by atoms with Crippen LogP contribution in [-0.4, -0.2) is 28.0 Å². The monoisotopic (exact) mass is 390 g/mol. The molecule has 1 fully saturated rings. The molecule has 6 heteroatoms. The Kier molecular flexibility index (Phi) is 7.07. The van der Waals surface area contributed by atoms with E-state index in [9.17, 15) is 9.00 Å². The van der Waals surface area contributed by atoms with Crippen molar-refractivity contribution in [2.75, 3.05) is 6.54 Å². The van der Waals surface area contributed by atoms with Crippen LogP contribution in [0.4, 0.5) is 0 Å². The number of amides is 1. The average molecular weight is 391 g/mol. The van der Waals surface area contributed by atoms with Crippen molar-refractivity contribution in [1.29, 1.82) is 0 Å². The molecule has 27 heavy (non-hydrogen) atoms. The van der Waals surface area contributed by atoms with Gasteiger partial charge in [0.05, 0.1) is 17.2 Å². The Morgan fingerprint density at radius 1 is 1.26 bits per heavy atom. The van der Waals surface area contributed by atoms with Crippen LogP contribution in [0.5, 0.6) is 0 Å². The number of rotatable bonds is 8. The zero-order valence-electron chi connectivity index (χ0n) is 16.2. The van der Waals surface area contributed by atoms with E-state index in [1.54, 1.807) is 6.26 Å². The normalized spacial score (nSPS) is 22.4. The third-order valence-corrected chi connectivity index (χ3v) is 7.21. The maximum absolute atomic E-state index is 12.5. The lowest BCUT2D eigenvalue weighted by Crippen LogP contribution is -2.41. The lowest BCUT2D eigenvalue weighted by Gasteiger charge is -2.28. The van der Waals surface area contributed by atoms with E-state index >= 15 is 0 Å². The minimum absolute atomic E-state index is 0.0705. The van der Waals surface area contributed by atoms with E-state index in [1.165, 1.54) is 0 Å². The lowest BCUT2D eigenvalue weighted by molar-refractivity contribution is -0.125. The summed E-state index contributed by atoms with van der Waals surface area (Å²) in [6, 6.07) is 8.23. The van der Waals surface area contributed by atoms with Crippen molar-refractivity contribution in [2.45, 2.75) is 63.7 Å². The Bertz CT molecular complexity index is 781. The van der Waals surface area contributed by atoms with Crippen LogP contribution < -0.4 is 10.0 Å². The van der Waals surface area contributed by atoms with E-state index < -0.39 is 11.0 Å². The second-order valence-electron chi connectivity index (χ2n) is 7.48. The van der Waals surface area contributed by atoms with Crippen LogP contribution in [0, 0.1) is 5.92 Å². The molecule has 0 bridgehead atoms. The van der Waals surface area contributed by atoms with Gasteiger partial charge in [-0.2, -0.15) is 0 Å². The average Bonchev–Trinajstić information content (AvgIpc) is 3.11. The first kappa shape index (κ1) is 20.1. The van der Waals surface area contributed by atoms with Gasteiger partial charge in [-0.3, -0.25) is 4.79 Å². The van der Waals surface area contributed by atoms with E-state index in [1.807, 2.05) is 31.2 Å². The van der Waals surface area contributed by atoms with Gasteiger partial charge in [0.2, 0.25) is 5.91 Å². The van der Waals surface area contributed by atoms with Gasteiger partial charge in [0.1, 0.15) is 5.58 Å². The molecule has 0 aliphatic heterocycles. The van der Waals surface area contributed by atoms with E-state index in [-0.39, 0.29) is 23.1 Å². The molecule has 0 radical (unpaired) electrons. The molecule has 1 saturated carbocycles. The first-order valence-corrected chi connectivity index (χ1v) is 11.2. The largest absolute Gasteiger partial charge is 0.464 e. The summed E-state index contributed by atoms with van der Waals surface area (Å²) in [5, 5.41) is 4.37. The fourth-order valence-corrected chi connectivity index (χ4v) is 4.70. The highest BCUT2D eigenvalue weighted by molar-refractivity contribution is 7.83. The summed E-state index contributed by atoms with van der Waals surface area (Å²) in [4.78, 5) is 12.5. The van der Waals surface area contributed by atoms with Gasteiger partial charge in [-0.25, -0.2) is 8.93 Å². The molecule has 148 valence electrons. The Balaban J connectivity index is 1.40. The maximum Gasteiger partial charge on any atom is 0.223 e. The van der Waals surface area contributed by atoms with Crippen LogP contribution in [0.2, 0.25) is 0 Å². The highest BCUT2D eigenvalue weighted by atomic mass is 32.2. The zero-order valence-corrected chi connectivity index (χ0v) is 17.0. The molecule has 1 aliphatic rings. The van der Waals surface area contributed by atoms with E-state index in [2.05, 4.69) is 17.0 Å². The molecule has 0 spiro atoms. The SMILES string of the molecule is CCC(C)S(=O)NC1CCC(C(=O)NCCc2coc3ccccc23)CC1. The van der Waals surface area contributed by atoms with Gasteiger partial charge in [-0.15, -0.1) is 0 Å². The number of para-hydroxylation sites is 1. The highest BCUT2D eigenvalue weighted by Crippen LogP contribution is 2.25. The van der Waals surface area contributed by atoms with Crippen molar-refractivity contribution in [3.8, 4) is 0 Å². The standard InChI is InChI=1S/C21H30N2O3S/c1-3-15(2)27(25)23-18-10-8-16(9-11-18)21(24)22-13-12-17-14-26-20-7-5-4-6-19(17)20/h4-7,14-16,18,23H,3,8-13H2,1-2H3,(H,22,24). The Labute approximate surface area is 163 Å². The van der Waals surface area contributed by atoms with E-state index in [0.29, 0.717) is 6.54 Å². The van der Waals surface area contributed by atoms with E-state index in [4.69, 9.17) is 4.42 Å². The Hall–Kier alpha value is -1.66. The fraction of sp³-hybridized carbons (Fsp3) is 0.571. The smallest absolute Gasteiger partial charge is 0.223 e. The predicted molar refractivity (Wildman–Crippen MR) is 110 cm³/mol. The van der Waals surface area contributed by atoms with E-state index in [0.717, 1.165) is 55.1 Å². The number of benzene rings is 1. The minimum atomic E-state index is -0.978. The van der Waals surface area contributed by atoms with Gasteiger partial charge < -0.3 is 9.73 Å². The van der Waals surface area contributed by atoms with Gasteiger partial charge in [0.25, 0.3) is 0 Å². The Morgan fingerprint density at radius 2 is 2.00 bits per heavy atom. The van der Waals surface area contributed by atoms with Gasteiger partial charge in [-0.1, -0.05) is 25.1 Å². The summed E-state index contributed by atoms with van der Waals surface area (Å²) in [5.41, 5.74) is 2.02. The summed E-state index contributed by atoms with van der Waals surface area (Å²) in [6.07, 6.45) is 6.99. The topological polar surface area (TPSA) is 71.3 Å². The quantitative estimate of drug-likeness (QED) is 0.722. The number of carbonyl (C=O) groups excluding carboxylic acids is 1. The number of hydrogen-bond donors (Lipinski definition) is 2. The number of nitrogens with one attached hydrogen (secondary N) is 2. The van der Waals surface area contributed by atoms with Crippen LogP contribution in [-0.2, 0) is 22.2 Å². The second kappa shape index (κ2) is 9.51. The molecule has 0 saturated heterocycles. The molecule has 3 rings (SSSR count). The van der Waals surface area contributed by atoms with Gasteiger partial charge in [-0.05, 0) is 57.1 Å². The molecule has 2 aromatic rings.